The fraction of sp³-hybridized carbons (Fsp3) is 0.760. The van der Waals surface area contributed by atoms with E-state index >= 15 is 0 Å². The molecule has 1 heterocycles. The molecule has 1 N–H and O–H groups in total. The van der Waals surface area contributed by atoms with Crippen molar-refractivity contribution in [1.82, 2.24) is 9.80 Å². The van der Waals surface area contributed by atoms with Crippen molar-refractivity contribution in [2.24, 2.45) is 5.92 Å². The van der Waals surface area contributed by atoms with Crippen molar-refractivity contribution in [2.75, 3.05) is 39.8 Å². The van der Waals surface area contributed by atoms with Crippen molar-refractivity contribution in [3.63, 3.8) is 0 Å². The molecule has 2 aliphatic rings. The Morgan fingerprint density at radius 1 is 0.857 bits per heavy atom. The van der Waals surface area contributed by atoms with Gasteiger partial charge in [0.15, 0.2) is 0 Å². The van der Waals surface area contributed by atoms with Gasteiger partial charge in [0, 0.05) is 45.1 Å². The van der Waals surface area contributed by atoms with Gasteiger partial charge in [0.2, 0.25) is 0 Å². The molecule has 1 aromatic carbocycles. The van der Waals surface area contributed by atoms with Crippen molar-refractivity contribution in [1.29, 1.82) is 0 Å². The summed E-state index contributed by atoms with van der Waals surface area (Å²) in [4.78, 5) is 5.04. The third kappa shape index (κ3) is 6.86. The number of nitrogens with zero attached hydrogens (tertiary/aromatic N) is 2. The molecule has 28 heavy (non-hydrogen) atoms. The Hall–Kier alpha value is -0.900. The predicted octanol–water partition coefficient (Wildman–Crippen LogP) is 4.74. The minimum Gasteiger partial charge on any atom is -0.389 e. The third-order valence-corrected chi connectivity index (χ3v) is 7.10. The van der Waals surface area contributed by atoms with E-state index in [1.165, 1.54) is 63.4 Å². The van der Waals surface area contributed by atoms with Gasteiger partial charge < -0.3 is 14.9 Å². The zero-order valence-corrected chi connectivity index (χ0v) is 18.1. The predicted molar refractivity (Wildman–Crippen MR) is 119 cm³/mol. The number of piperazine rings is 1. The van der Waals surface area contributed by atoms with Gasteiger partial charge in [0.05, 0.1) is 5.60 Å². The third-order valence-electron chi connectivity index (χ3n) is 7.10. The highest BCUT2D eigenvalue weighted by molar-refractivity contribution is 5.17. The van der Waals surface area contributed by atoms with Crippen LogP contribution >= 0.6 is 0 Å². The monoisotopic (exact) mass is 386 g/mol. The Kier molecular flexibility index (Phi) is 8.82. The first kappa shape index (κ1) is 21.8. The summed E-state index contributed by atoms with van der Waals surface area (Å²) >= 11 is 0. The second kappa shape index (κ2) is 11.3. The van der Waals surface area contributed by atoms with Gasteiger partial charge in [-0.25, -0.2) is 0 Å². The summed E-state index contributed by atoms with van der Waals surface area (Å²) in [6, 6.07) is 10.7. The van der Waals surface area contributed by atoms with E-state index in [2.05, 4.69) is 47.2 Å². The van der Waals surface area contributed by atoms with Crippen LogP contribution < -0.4 is 0 Å². The number of likely N-dealkylation sites (N-methyl/N-ethyl adjacent to an activating group) is 1. The molecule has 3 heteroatoms. The van der Waals surface area contributed by atoms with Crippen molar-refractivity contribution in [2.45, 2.75) is 76.2 Å². The lowest BCUT2D eigenvalue weighted by molar-refractivity contribution is -0.0480. The average molecular weight is 387 g/mol. The lowest BCUT2D eigenvalue weighted by atomic mass is 9.75. The van der Waals surface area contributed by atoms with Gasteiger partial charge in [-0.2, -0.15) is 0 Å². The summed E-state index contributed by atoms with van der Waals surface area (Å²) in [5, 5.41) is 12.0. The van der Waals surface area contributed by atoms with E-state index in [0.29, 0.717) is 5.92 Å². The molecule has 3 rings (SSSR count). The first-order chi connectivity index (χ1) is 13.7. The number of benzene rings is 1. The van der Waals surface area contributed by atoms with Gasteiger partial charge in [0.25, 0.3) is 0 Å². The molecular weight excluding hydrogens is 344 g/mol. The van der Waals surface area contributed by atoms with Crippen LogP contribution in [-0.2, 0) is 6.42 Å². The van der Waals surface area contributed by atoms with Crippen LogP contribution in [-0.4, -0.2) is 60.3 Å². The van der Waals surface area contributed by atoms with Crippen molar-refractivity contribution >= 4 is 0 Å². The highest BCUT2D eigenvalue weighted by Crippen LogP contribution is 2.34. The first-order valence-corrected chi connectivity index (χ1v) is 11.8. The van der Waals surface area contributed by atoms with Gasteiger partial charge in [-0.05, 0) is 25.5 Å². The van der Waals surface area contributed by atoms with Crippen LogP contribution in [0.2, 0.25) is 0 Å². The maximum atomic E-state index is 12.0. The highest BCUT2D eigenvalue weighted by atomic mass is 16.3. The fourth-order valence-corrected chi connectivity index (χ4v) is 5.14. The molecule has 0 bridgehead atoms. The largest absolute Gasteiger partial charge is 0.389 e. The lowest BCUT2D eigenvalue weighted by Gasteiger charge is -2.42. The average Bonchev–Trinajstić information content (AvgIpc) is 2.69. The first-order valence-electron chi connectivity index (χ1n) is 11.8. The van der Waals surface area contributed by atoms with Crippen LogP contribution in [0.15, 0.2) is 30.3 Å². The number of aliphatic hydroxyl groups is 1. The van der Waals surface area contributed by atoms with Gasteiger partial charge in [0.1, 0.15) is 0 Å². The Bertz CT molecular complexity index is 541. The Morgan fingerprint density at radius 3 is 2.14 bits per heavy atom. The molecular formula is C25H42N2O. The maximum Gasteiger partial charge on any atom is 0.0728 e. The van der Waals surface area contributed by atoms with E-state index in [1.807, 2.05) is 0 Å². The van der Waals surface area contributed by atoms with Gasteiger partial charge >= 0.3 is 0 Å². The SMILES string of the molecule is CN1CCN(CC2CCCCCCCCCCC2(O)Cc2ccccc2)CC1. The summed E-state index contributed by atoms with van der Waals surface area (Å²) in [6.07, 6.45) is 13.5. The van der Waals surface area contributed by atoms with E-state index in [4.69, 9.17) is 0 Å². The molecule has 1 aliphatic heterocycles. The van der Waals surface area contributed by atoms with Crippen LogP contribution in [0, 0.1) is 5.92 Å². The number of rotatable bonds is 4. The molecule has 2 atom stereocenters. The second-order valence-electron chi connectivity index (χ2n) is 9.43. The lowest BCUT2D eigenvalue weighted by Crippen LogP contribution is -2.51. The zero-order chi connectivity index (χ0) is 19.7. The van der Waals surface area contributed by atoms with Crippen LogP contribution in [0.5, 0.6) is 0 Å². The highest BCUT2D eigenvalue weighted by Gasteiger charge is 2.37. The second-order valence-corrected chi connectivity index (χ2v) is 9.43. The van der Waals surface area contributed by atoms with E-state index in [9.17, 15) is 5.11 Å². The molecule has 2 fully saturated rings. The minimum atomic E-state index is -0.566. The minimum absolute atomic E-state index is 0.385. The normalized spacial score (nSPS) is 29.7. The summed E-state index contributed by atoms with van der Waals surface area (Å²) in [7, 11) is 2.22. The molecule has 2 unspecified atom stereocenters. The quantitative estimate of drug-likeness (QED) is 0.810. The molecule has 0 amide bonds. The summed E-state index contributed by atoms with van der Waals surface area (Å²) in [5.41, 5.74) is 0.727. The molecule has 0 aromatic heterocycles. The van der Waals surface area contributed by atoms with Crippen LogP contribution in [0.3, 0.4) is 0 Å². The summed E-state index contributed by atoms with van der Waals surface area (Å²) in [5.74, 6) is 0.385. The van der Waals surface area contributed by atoms with E-state index in [-0.39, 0.29) is 0 Å². The Morgan fingerprint density at radius 2 is 1.46 bits per heavy atom. The standard InChI is InChI=1S/C25H42N2O/c1-26-17-19-27(20-18-26)22-24-15-11-6-4-2-3-5-7-12-16-25(24,28)21-23-13-9-8-10-14-23/h8-10,13-14,24,28H,2-7,11-12,15-22H2,1H3. The van der Waals surface area contributed by atoms with Gasteiger partial charge in [-0.15, -0.1) is 0 Å². The van der Waals surface area contributed by atoms with E-state index in [0.717, 1.165) is 45.6 Å². The zero-order valence-electron chi connectivity index (χ0n) is 18.1. The van der Waals surface area contributed by atoms with Crippen molar-refractivity contribution in [3.8, 4) is 0 Å². The van der Waals surface area contributed by atoms with Crippen LogP contribution in [0.25, 0.3) is 0 Å². The Balaban J connectivity index is 1.73. The molecule has 1 aliphatic carbocycles. The van der Waals surface area contributed by atoms with E-state index < -0.39 is 5.60 Å². The molecule has 3 nitrogen and oxygen atoms in total. The van der Waals surface area contributed by atoms with Crippen LogP contribution in [0.1, 0.15) is 69.8 Å². The summed E-state index contributed by atoms with van der Waals surface area (Å²) in [6.45, 7) is 5.67. The van der Waals surface area contributed by atoms with Crippen LogP contribution in [0.4, 0.5) is 0 Å². The smallest absolute Gasteiger partial charge is 0.0728 e. The molecule has 158 valence electrons. The van der Waals surface area contributed by atoms with Gasteiger partial charge in [-0.1, -0.05) is 81.7 Å². The Labute approximate surface area is 173 Å². The fourth-order valence-electron chi connectivity index (χ4n) is 5.14. The molecule has 1 aromatic rings. The molecule has 1 saturated heterocycles. The molecule has 1 saturated carbocycles. The van der Waals surface area contributed by atoms with E-state index in [1.54, 1.807) is 0 Å². The van der Waals surface area contributed by atoms with Crippen molar-refractivity contribution < 1.29 is 5.11 Å². The summed E-state index contributed by atoms with van der Waals surface area (Å²) < 4.78 is 0. The molecule has 0 radical (unpaired) electrons. The molecule has 0 spiro atoms. The maximum absolute atomic E-state index is 12.0. The number of hydrogen-bond acceptors (Lipinski definition) is 3. The number of hydrogen-bond donors (Lipinski definition) is 1. The van der Waals surface area contributed by atoms with Crippen molar-refractivity contribution in [3.05, 3.63) is 35.9 Å². The topological polar surface area (TPSA) is 26.7 Å². The van der Waals surface area contributed by atoms with Gasteiger partial charge in [-0.3, -0.25) is 0 Å².